The second-order valence-corrected chi connectivity index (χ2v) is 4.41. The molecule has 0 N–H and O–H groups in total. The molecule has 1 heterocycles. The molecule has 1 aromatic carbocycles. The molecule has 0 radical (unpaired) electrons. The highest BCUT2D eigenvalue weighted by Crippen LogP contribution is 2.35. The number of benzene rings is 1. The molecule has 0 saturated carbocycles. The van der Waals surface area contributed by atoms with E-state index in [0.29, 0.717) is 5.56 Å². The van der Waals surface area contributed by atoms with E-state index in [1.807, 2.05) is 0 Å². The van der Waals surface area contributed by atoms with Gasteiger partial charge in [-0.05, 0) is 37.0 Å². The molecule has 0 aromatic heterocycles. The summed E-state index contributed by atoms with van der Waals surface area (Å²) in [6.07, 6.45) is 3.43. The Morgan fingerprint density at radius 1 is 1.18 bits per heavy atom. The van der Waals surface area contributed by atoms with Gasteiger partial charge in [0.1, 0.15) is 0 Å². The molecule has 1 fully saturated rings. The summed E-state index contributed by atoms with van der Waals surface area (Å²) >= 11 is 0. The summed E-state index contributed by atoms with van der Waals surface area (Å²) in [7, 11) is 0. The first-order chi connectivity index (χ1) is 8.11. The molecule has 0 spiro atoms. The van der Waals surface area contributed by atoms with Gasteiger partial charge in [0.05, 0.1) is 12.2 Å². The molecule has 1 saturated heterocycles. The van der Waals surface area contributed by atoms with Crippen LogP contribution in [-0.2, 0) is 4.74 Å². The lowest BCUT2D eigenvalue weighted by atomic mass is 10.0. The highest BCUT2D eigenvalue weighted by Gasteiger charge is 2.27. The Hall–Kier alpha value is -1.03. The monoisotopic (exact) mass is 244 g/mol. The Labute approximate surface area is 98.6 Å². The van der Waals surface area contributed by atoms with E-state index in [1.54, 1.807) is 0 Å². The first-order valence-corrected chi connectivity index (χ1v) is 5.91. The highest BCUT2D eigenvalue weighted by atomic mass is 19.2. The average molecular weight is 244 g/mol. The molecule has 0 amide bonds. The molecule has 4 heteroatoms. The van der Waals surface area contributed by atoms with E-state index < -0.39 is 17.5 Å². The summed E-state index contributed by atoms with van der Waals surface area (Å²) in [6.45, 7) is 2.06. The van der Waals surface area contributed by atoms with Gasteiger partial charge >= 0.3 is 0 Å². The highest BCUT2D eigenvalue weighted by molar-refractivity contribution is 5.22. The largest absolute Gasteiger partial charge is 0.370 e. The summed E-state index contributed by atoms with van der Waals surface area (Å²) in [5, 5.41) is 0. The molecule has 0 aliphatic carbocycles. The van der Waals surface area contributed by atoms with Crippen LogP contribution in [0.1, 0.15) is 44.3 Å². The molecule has 2 unspecified atom stereocenters. The van der Waals surface area contributed by atoms with E-state index in [9.17, 15) is 13.2 Å². The maximum Gasteiger partial charge on any atom is 0.194 e. The standard InChI is InChI=1S/C13H15F3O/c1-2-3-9-4-5-12(17-9)8-6-10(14)13(16)11(15)7-8/h6-7,9,12H,2-5H2,1H3. The smallest absolute Gasteiger partial charge is 0.194 e. The summed E-state index contributed by atoms with van der Waals surface area (Å²) in [5.41, 5.74) is 0.389. The topological polar surface area (TPSA) is 9.23 Å². The Kier molecular flexibility index (Phi) is 3.72. The van der Waals surface area contributed by atoms with Gasteiger partial charge < -0.3 is 4.74 Å². The maximum absolute atomic E-state index is 13.1. The van der Waals surface area contributed by atoms with Crippen molar-refractivity contribution in [2.24, 2.45) is 0 Å². The van der Waals surface area contributed by atoms with Crippen molar-refractivity contribution in [1.82, 2.24) is 0 Å². The van der Waals surface area contributed by atoms with Gasteiger partial charge in [-0.2, -0.15) is 0 Å². The van der Waals surface area contributed by atoms with Gasteiger partial charge in [0, 0.05) is 0 Å². The van der Waals surface area contributed by atoms with Crippen LogP contribution in [0.2, 0.25) is 0 Å². The van der Waals surface area contributed by atoms with E-state index >= 15 is 0 Å². The number of halogens is 3. The molecular formula is C13H15F3O. The molecule has 17 heavy (non-hydrogen) atoms. The Balaban J connectivity index is 2.14. The van der Waals surface area contributed by atoms with E-state index in [2.05, 4.69) is 6.92 Å². The number of hydrogen-bond acceptors (Lipinski definition) is 1. The molecule has 1 aliphatic rings. The van der Waals surface area contributed by atoms with E-state index in [-0.39, 0.29) is 12.2 Å². The fraction of sp³-hybridized carbons (Fsp3) is 0.538. The van der Waals surface area contributed by atoms with Gasteiger partial charge in [0.2, 0.25) is 0 Å². The van der Waals surface area contributed by atoms with Gasteiger partial charge in [-0.25, -0.2) is 13.2 Å². The van der Waals surface area contributed by atoms with Crippen molar-refractivity contribution in [3.8, 4) is 0 Å². The minimum atomic E-state index is -1.42. The van der Waals surface area contributed by atoms with E-state index in [4.69, 9.17) is 4.74 Å². The minimum absolute atomic E-state index is 0.154. The van der Waals surface area contributed by atoms with Crippen LogP contribution < -0.4 is 0 Å². The lowest BCUT2D eigenvalue weighted by molar-refractivity contribution is 0.0392. The van der Waals surface area contributed by atoms with Crippen molar-refractivity contribution >= 4 is 0 Å². The van der Waals surface area contributed by atoms with Crippen molar-refractivity contribution in [3.63, 3.8) is 0 Å². The third-order valence-corrected chi connectivity index (χ3v) is 3.10. The van der Waals surface area contributed by atoms with Gasteiger partial charge in [0.15, 0.2) is 17.5 Å². The van der Waals surface area contributed by atoms with Crippen LogP contribution in [0.5, 0.6) is 0 Å². The molecular weight excluding hydrogens is 229 g/mol. The first-order valence-electron chi connectivity index (χ1n) is 5.91. The average Bonchev–Trinajstić information content (AvgIpc) is 2.74. The molecule has 94 valence electrons. The second-order valence-electron chi connectivity index (χ2n) is 4.41. The summed E-state index contributed by atoms with van der Waals surface area (Å²) in [4.78, 5) is 0. The Bertz CT molecular complexity index is 383. The van der Waals surface area contributed by atoms with Gasteiger partial charge in [0.25, 0.3) is 0 Å². The number of hydrogen-bond donors (Lipinski definition) is 0. The van der Waals surface area contributed by atoms with Crippen molar-refractivity contribution in [1.29, 1.82) is 0 Å². The van der Waals surface area contributed by atoms with Crippen LogP contribution >= 0.6 is 0 Å². The van der Waals surface area contributed by atoms with Crippen LogP contribution in [0.25, 0.3) is 0 Å². The van der Waals surface area contributed by atoms with Gasteiger partial charge in [-0.15, -0.1) is 0 Å². The lowest BCUT2D eigenvalue weighted by Gasteiger charge is -2.13. The molecule has 0 bridgehead atoms. The van der Waals surface area contributed by atoms with Crippen LogP contribution in [0, 0.1) is 17.5 Å². The van der Waals surface area contributed by atoms with Crippen molar-refractivity contribution in [3.05, 3.63) is 35.1 Å². The van der Waals surface area contributed by atoms with E-state index in [0.717, 1.165) is 37.8 Å². The zero-order chi connectivity index (χ0) is 12.4. The second kappa shape index (κ2) is 5.08. The Morgan fingerprint density at radius 2 is 1.82 bits per heavy atom. The van der Waals surface area contributed by atoms with Crippen LogP contribution in [0.15, 0.2) is 12.1 Å². The van der Waals surface area contributed by atoms with E-state index in [1.165, 1.54) is 0 Å². The lowest BCUT2D eigenvalue weighted by Crippen LogP contribution is -2.06. The molecule has 1 nitrogen and oxygen atoms in total. The first kappa shape index (κ1) is 12.4. The number of rotatable bonds is 3. The molecule has 1 aliphatic heterocycles. The van der Waals surface area contributed by atoms with Crippen LogP contribution in [-0.4, -0.2) is 6.10 Å². The normalized spacial score (nSPS) is 24.2. The number of ether oxygens (including phenoxy) is 1. The summed E-state index contributed by atoms with van der Waals surface area (Å²) < 4.78 is 44.6. The van der Waals surface area contributed by atoms with Crippen LogP contribution in [0.4, 0.5) is 13.2 Å². The fourth-order valence-corrected chi connectivity index (χ4v) is 2.25. The van der Waals surface area contributed by atoms with Crippen LogP contribution in [0.3, 0.4) is 0 Å². The van der Waals surface area contributed by atoms with Crippen molar-refractivity contribution in [2.45, 2.75) is 44.8 Å². The minimum Gasteiger partial charge on any atom is -0.370 e. The third-order valence-electron chi connectivity index (χ3n) is 3.10. The van der Waals surface area contributed by atoms with Gasteiger partial charge in [-0.3, -0.25) is 0 Å². The summed E-state index contributed by atoms with van der Waals surface area (Å²) in [6, 6.07) is 2.05. The van der Waals surface area contributed by atoms with Crippen molar-refractivity contribution in [2.75, 3.05) is 0 Å². The zero-order valence-corrected chi connectivity index (χ0v) is 9.68. The van der Waals surface area contributed by atoms with Gasteiger partial charge in [-0.1, -0.05) is 13.3 Å². The molecule has 2 atom stereocenters. The SMILES string of the molecule is CCCC1CCC(c2cc(F)c(F)c(F)c2)O1. The van der Waals surface area contributed by atoms with Crippen molar-refractivity contribution < 1.29 is 17.9 Å². The fourth-order valence-electron chi connectivity index (χ4n) is 2.25. The predicted octanol–water partition coefficient (Wildman–Crippen LogP) is 4.12. The third kappa shape index (κ3) is 2.63. The summed E-state index contributed by atoms with van der Waals surface area (Å²) in [5.74, 6) is -3.72. The maximum atomic E-state index is 13.1. The Morgan fingerprint density at radius 3 is 2.41 bits per heavy atom. The zero-order valence-electron chi connectivity index (χ0n) is 9.68. The molecule has 1 aromatic rings. The molecule has 2 rings (SSSR count). The predicted molar refractivity (Wildman–Crippen MR) is 58.1 cm³/mol. The quantitative estimate of drug-likeness (QED) is 0.726.